The van der Waals surface area contributed by atoms with Crippen molar-refractivity contribution in [1.29, 1.82) is 0 Å². The molecule has 1 aromatic rings. The highest BCUT2D eigenvalue weighted by atomic mass is 16.5. The van der Waals surface area contributed by atoms with Crippen LogP contribution in [0.5, 0.6) is 11.5 Å². The summed E-state index contributed by atoms with van der Waals surface area (Å²) in [4.78, 5) is 0. The fraction of sp³-hybridized carbons (Fsp3) is 0.200. The SMILES string of the molecule is COc1ccc(/C=C/CO)cc1O. The molecule has 0 amide bonds. The molecule has 0 aromatic heterocycles. The largest absolute Gasteiger partial charge is 0.504 e. The summed E-state index contributed by atoms with van der Waals surface area (Å²) in [5, 5.41) is 17.9. The molecule has 0 fully saturated rings. The van der Waals surface area contributed by atoms with Crippen molar-refractivity contribution in [2.75, 3.05) is 13.7 Å². The predicted molar refractivity (Wildman–Crippen MR) is 50.8 cm³/mol. The van der Waals surface area contributed by atoms with Crippen LogP contribution in [0, 0.1) is 0 Å². The van der Waals surface area contributed by atoms with Gasteiger partial charge in [0, 0.05) is 0 Å². The van der Waals surface area contributed by atoms with Crippen LogP contribution in [-0.2, 0) is 0 Å². The Morgan fingerprint density at radius 2 is 2.23 bits per heavy atom. The van der Waals surface area contributed by atoms with Gasteiger partial charge in [-0.1, -0.05) is 18.2 Å². The summed E-state index contributed by atoms with van der Waals surface area (Å²) in [6.07, 6.45) is 3.32. The van der Waals surface area contributed by atoms with Gasteiger partial charge in [-0.15, -0.1) is 0 Å². The summed E-state index contributed by atoms with van der Waals surface area (Å²) < 4.78 is 4.88. The average Bonchev–Trinajstić information content (AvgIpc) is 2.15. The highest BCUT2D eigenvalue weighted by Crippen LogP contribution is 2.26. The van der Waals surface area contributed by atoms with Crippen LogP contribution < -0.4 is 4.74 Å². The third-order valence-corrected chi connectivity index (χ3v) is 1.62. The van der Waals surface area contributed by atoms with Gasteiger partial charge >= 0.3 is 0 Å². The molecule has 0 atom stereocenters. The Bertz CT molecular complexity index is 305. The molecule has 0 spiro atoms. The van der Waals surface area contributed by atoms with Crippen LogP contribution in [0.25, 0.3) is 6.08 Å². The van der Waals surface area contributed by atoms with Gasteiger partial charge in [0.1, 0.15) is 0 Å². The molecule has 0 saturated heterocycles. The summed E-state index contributed by atoms with van der Waals surface area (Å²) >= 11 is 0. The molecule has 0 unspecified atom stereocenters. The lowest BCUT2D eigenvalue weighted by Crippen LogP contribution is -1.83. The predicted octanol–water partition coefficient (Wildman–Crippen LogP) is 1.41. The fourth-order valence-corrected chi connectivity index (χ4v) is 0.999. The van der Waals surface area contributed by atoms with E-state index in [9.17, 15) is 5.11 Å². The van der Waals surface area contributed by atoms with Crippen molar-refractivity contribution in [3.8, 4) is 11.5 Å². The molecular formula is C10H12O3. The van der Waals surface area contributed by atoms with Crippen molar-refractivity contribution in [3.05, 3.63) is 29.8 Å². The number of aliphatic hydroxyl groups is 1. The van der Waals surface area contributed by atoms with E-state index < -0.39 is 0 Å². The molecule has 0 bridgehead atoms. The second-order valence-electron chi connectivity index (χ2n) is 2.52. The molecule has 3 nitrogen and oxygen atoms in total. The standard InChI is InChI=1S/C10H12O3/c1-13-10-5-4-8(3-2-6-11)7-9(10)12/h2-5,7,11-12H,6H2,1H3/b3-2+. The molecule has 0 aliphatic heterocycles. The molecule has 0 heterocycles. The van der Waals surface area contributed by atoms with E-state index in [-0.39, 0.29) is 12.4 Å². The van der Waals surface area contributed by atoms with Crippen LogP contribution >= 0.6 is 0 Å². The van der Waals surface area contributed by atoms with E-state index in [1.54, 1.807) is 30.4 Å². The molecule has 1 rings (SSSR count). The van der Waals surface area contributed by atoms with Crippen LogP contribution in [0.4, 0.5) is 0 Å². The molecule has 13 heavy (non-hydrogen) atoms. The minimum Gasteiger partial charge on any atom is -0.504 e. The van der Waals surface area contributed by atoms with E-state index in [4.69, 9.17) is 9.84 Å². The van der Waals surface area contributed by atoms with E-state index in [2.05, 4.69) is 0 Å². The summed E-state index contributed by atoms with van der Waals surface area (Å²) in [7, 11) is 1.50. The van der Waals surface area contributed by atoms with E-state index in [1.807, 2.05) is 0 Å². The Balaban J connectivity index is 2.89. The Morgan fingerprint density at radius 3 is 2.77 bits per heavy atom. The van der Waals surface area contributed by atoms with Gasteiger partial charge in [0.15, 0.2) is 11.5 Å². The maximum absolute atomic E-state index is 9.37. The quantitative estimate of drug-likeness (QED) is 0.739. The van der Waals surface area contributed by atoms with Gasteiger partial charge in [-0.3, -0.25) is 0 Å². The fourth-order valence-electron chi connectivity index (χ4n) is 0.999. The van der Waals surface area contributed by atoms with Crippen molar-refractivity contribution in [2.24, 2.45) is 0 Å². The molecule has 0 saturated carbocycles. The number of rotatable bonds is 3. The normalized spacial score (nSPS) is 10.6. The number of aromatic hydroxyl groups is 1. The molecular weight excluding hydrogens is 168 g/mol. The minimum atomic E-state index is -0.00715. The third-order valence-electron chi connectivity index (χ3n) is 1.62. The van der Waals surface area contributed by atoms with Gasteiger partial charge in [-0.25, -0.2) is 0 Å². The Labute approximate surface area is 76.9 Å². The molecule has 1 aromatic carbocycles. The van der Waals surface area contributed by atoms with Crippen molar-refractivity contribution in [3.63, 3.8) is 0 Å². The lowest BCUT2D eigenvalue weighted by molar-refractivity contribution is 0.343. The maximum atomic E-state index is 9.37. The van der Waals surface area contributed by atoms with Crippen LogP contribution in [-0.4, -0.2) is 23.9 Å². The number of phenols is 1. The van der Waals surface area contributed by atoms with Crippen LogP contribution in [0.1, 0.15) is 5.56 Å². The van der Waals surface area contributed by atoms with E-state index in [0.29, 0.717) is 5.75 Å². The molecule has 2 N–H and O–H groups in total. The Kier molecular flexibility index (Phi) is 3.34. The zero-order chi connectivity index (χ0) is 9.68. The summed E-state index contributed by atoms with van der Waals surface area (Å²) in [5.41, 5.74) is 0.826. The lowest BCUT2D eigenvalue weighted by atomic mass is 10.2. The first kappa shape index (κ1) is 9.61. The maximum Gasteiger partial charge on any atom is 0.160 e. The van der Waals surface area contributed by atoms with Gasteiger partial charge < -0.3 is 14.9 Å². The van der Waals surface area contributed by atoms with Crippen LogP contribution in [0.15, 0.2) is 24.3 Å². The second kappa shape index (κ2) is 4.52. The zero-order valence-corrected chi connectivity index (χ0v) is 7.40. The van der Waals surface area contributed by atoms with E-state index in [0.717, 1.165) is 5.56 Å². The summed E-state index contributed by atoms with van der Waals surface area (Å²) in [6, 6.07) is 5.04. The number of hydrogen-bond donors (Lipinski definition) is 2. The van der Waals surface area contributed by atoms with Gasteiger partial charge in [0.2, 0.25) is 0 Å². The molecule has 0 radical (unpaired) electrons. The van der Waals surface area contributed by atoms with E-state index >= 15 is 0 Å². The Morgan fingerprint density at radius 1 is 1.46 bits per heavy atom. The Hall–Kier alpha value is -1.48. The number of phenolic OH excluding ortho intramolecular Hbond substituents is 1. The highest BCUT2D eigenvalue weighted by Gasteiger charge is 1.99. The van der Waals surface area contributed by atoms with Gasteiger partial charge in [0.25, 0.3) is 0 Å². The van der Waals surface area contributed by atoms with E-state index in [1.165, 1.54) is 7.11 Å². The van der Waals surface area contributed by atoms with Crippen LogP contribution in [0.3, 0.4) is 0 Å². The van der Waals surface area contributed by atoms with Crippen molar-refractivity contribution in [1.82, 2.24) is 0 Å². The molecule has 0 aliphatic rings. The zero-order valence-electron chi connectivity index (χ0n) is 7.40. The van der Waals surface area contributed by atoms with Crippen LogP contribution in [0.2, 0.25) is 0 Å². The third kappa shape index (κ3) is 2.49. The monoisotopic (exact) mass is 180 g/mol. The topological polar surface area (TPSA) is 49.7 Å². The summed E-state index contributed by atoms with van der Waals surface area (Å²) in [5.74, 6) is 0.545. The first-order chi connectivity index (χ1) is 6.27. The van der Waals surface area contributed by atoms with Gasteiger partial charge in [-0.2, -0.15) is 0 Å². The smallest absolute Gasteiger partial charge is 0.160 e. The molecule has 70 valence electrons. The molecule has 3 heteroatoms. The average molecular weight is 180 g/mol. The number of ether oxygens (including phenoxy) is 1. The number of benzene rings is 1. The van der Waals surface area contributed by atoms with Crippen molar-refractivity contribution in [2.45, 2.75) is 0 Å². The summed E-state index contributed by atoms with van der Waals surface area (Å²) in [6.45, 7) is -0.00715. The number of hydrogen-bond acceptors (Lipinski definition) is 3. The number of aliphatic hydroxyl groups excluding tert-OH is 1. The lowest BCUT2D eigenvalue weighted by Gasteiger charge is -2.02. The first-order valence-corrected chi connectivity index (χ1v) is 3.92. The minimum absolute atomic E-state index is 0.00715. The van der Waals surface area contributed by atoms with Gasteiger partial charge in [0.05, 0.1) is 13.7 Å². The molecule has 0 aliphatic carbocycles. The first-order valence-electron chi connectivity index (χ1n) is 3.92. The van der Waals surface area contributed by atoms with Gasteiger partial charge in [-0.05, 0) is 17.7 Å². The van der Waals surface area contributed by atoms with Crippen molar-refractivity contribution < 1.29 is 14.9 Å². The second-order valence-corrected chi connectivity index (χ2v) is 2.52. The highest BCUT2D eigenvalue weighted by molar-refractivity contribution is 5.55. The number of methoxy groups -OCH3 is 1. The van der Waals surface area contributed by atoms with Crippen molar-refractivity contribution >= 4 is 6.08 Å².